The Bertz CT molecular complexity index is 832. The van der Waals surface area contributed by atoms with Gasteiger partial charge in [0, 0.05) is 19.4 Å². The van der Waals surface area contributed by atoms with Crippen molar-refractivity contribution in [2.75, 3.05) is 19.8 Å². The van der Waals surface area contributed by atoms with Crippen LogP contribution in [-0.4, -0.2) is 37.9 Å². The van der Waals surface area contributed by atoms with Crippen molar-refractivity contribution >= 4 is 11.9 Å². The van der Waals surface area contributed by atoms with Gasteiger partial charge < -0.3 is 14.2 Å². The lowest BCUT2D eigenvalue weighted by atomic mass is 10.1. The van der Waals surface area contributed by atoms with E-state index in [2.05, 4.69) is 57.2 Å². The van der Waals surface area contributed by atoms with Gasteiger partial charge in [0.25, 0.3) is 0 Å². The van der Waals surface area contributed by atoms with Gasteiger partial charge in [-0.1, -0.05) is 192 Å². The van der Waals surface area contributed by atoms with E-state index in [1.807, 2.05) is 0 Å². The Morgan fingerprint density at radius 2 is 0.808 bits per heavy atom. The number of allylic oxidation sites excluding steroid dienone is 6. The molecule has 1 atom stereocenters. The van der Waals surface area contributed by atoms with Gasteiger partial charge in [0.1, 0.15) is 6.61 Å². The van der Waals surface area contributed by atoms with Crippen molar-refractivity contribution in [3.05, 3.63) is 36.5 Å². The highest BCUT2D eigenvalue weighted by molar-refractivity contribution is 5.70. The highest BCUT2D eigenvalue weighted by Crippen LogP contribution is 2.13. The first-order valence-corrected chi connectivity index (χ1v) is 22.5. The average molecular weight is 731 g/mol. The van der Waals surface area contributed by atoms with Crippen LogP contribution in [0.4, 0.5) is 0 Å². The molecule has 5 nitrogen and oxygen atoms in total. The fourth-order valence-corrected chi connectivity index (χ4v) is 6.28. The number of rotatable bonds is 41. The van der Waals surface area contributed by atoms with Gasteiger partial charge >= 0.3 is 11.9 Å². The summed E-state index contributed by atoms with van der Waals surface area (Å²) in [7, 11) is 0. The zero-order chi connectivity index (χ0) is 37.8. The van der Waals surface area contributed by atoms with Crippen LogP contribution < -0.4 is 0 Å². The number of unbranched alkanes of at least 4 members (excludes halogenated alkanes) is 24. The van der Waals surface area contributed by atoms with Gasteiger partial charge in [-0.25, -0.2) is 0 Å². The molecule has 0 rings (SSSR count). The Morgan fingerprint density at radius 1 is 0.423 bits per heavy atom. The van der Waals surface area contributed by atoms with E-state index in [-0.39, 0.29) is 25.2 Å². The molecule has 0 aromatic carbocycles. The third kappa shape index (κ3) is 40.9. The van der Waals surface area contributed by atoms with E-state index in [0.29, 0.717) is 19.4 Å². The van der Waals surface area contributed by atoms with Gasteiger partial charge in [-0.15, -0.1) is 0 Å². The number of carbonyl (C=O) groups is 2. The van der Waals surface area contributed by atoms with Gasteiger partial charge in [-0.3, -0.25) is 9.59 Å². The average Bonchev–Trinajstić information content (AvgIpc) is 3.14. The summed E-state index contributed by atoms with van der Waals surface area (Å²) in [5, 5.41) is 0. The van der Waals surface area contributed by atoms with Gasteiger partial charge in [0.2, 0.25) is 0 Å². The summed E-state index contributed by atoms with van der Waals surface area (Å²) in [5.74, 6) is -0.411. The fourth-order valence-electron chi connectivity index (χ4n) is 6.28. The summed E-state index contributed by atoms with van der Waals surface area (Å²) in [4.78, 5) is 25.1. The zero-order valence-corrected chi connectivity index (χ0v) is 34.8. The molecule has 1 unspecified atom stereocenters. The zero-order valence-electron chi connectivity index (χ0n) is 34.8. The summed E-state index contributed by atoms with van der Waals surface area (Å²) in [6.07, 6.45) is 50.0. The summed E-state index contributed by atoms with van der Waals surface area (Å²) in [6.45, 7) is 7.76. The van der Waals surface area contributed by atoms with Crippen LogP contribution in [0.2, 0.25) is 0 Å². The van der Waals surface area contributed by atoms with Crippen LogP contribution in [0, 0.1) is 0 Å². The number of hydrogen-bond donors (Lipinski definition) is 0. The molecule has 0 saturated heterocycles. The normalized spacial score (nSPS) is 12.4. The molecule has 0 radical (unpaired) electrons. The molecular formula is C47H86O5. The highest BCUT2D eigenvalue weighted by Gasteiger charge is 2.17. The largest absolute Gasteiger partial charge is 0.462 e. The molecule has 0 aromatic rings. The molecule has 0 aliphatic carbocycles. The van der Waals surface area contributed by atoms with E-state index >= 15 is 0 Å². The Balaban J connectivity index is 4.12. The number of esters is 2. The smallest absolute Gasteiger partial charge is 0.306 e. The molecule has 0 aromatic heterocycles. The lowest BCUT2D eigenvalue weighted by molar-refractivity contribution is -0.163. The van der Waals surface area contributed by atoms with Crippen LogP contribution in [0.5, 0.6) is 0 Å². The molecular weight excluding hydrogens is 645 g/mol. The topological polar surface area (TPSA) is 61.8 Å². The van der Waals surface area contributed by atoms with Crippen molar-refractivity contribution in [1.29, 1.82) is 0 Å². The molecule has 304 valence electrons. The second kappa shape index (κ2) is 43.5. The van der Waals surface area contributed by atoms with Gasteiger partial charge in [-0.2, -0.15) is 0 Å². The summed E-state index contributed by atoms with van der Waals surface area (Å²) in [5.41, 5.74) is 0. The van der Waals surface area contributed by atoms with E-state index < -0.39 is 6.10 Å². The summed E-state index contributed by atoms with van der Waals surface area (Å²) in [6, 6.07) is 0. The monoisotopic (exact) mass is 731 g/mol. The van der Waals surface area contributed by atoms with E-state index in [1.54, 1.807) is 0 Å². The Labute approximate surface area is 323 Å². The van der Waals surface area contributed by atoms with E-state index in [1.165, 1.54) is 135 Å². The molecule has 0 aliphatic rings. The van der Waals surface area contributed by atoms with Crippen LogP contribution in [0.1, 0.15) is 226 Å². The third-order valence-electron chi connectivity index (χ3n) is 9.68. The number of carbonyl (C=O) groups excluding carboxylic acids is 2. The van der Waals surface area contributed by atoms with E-state index in [0.717, 1.165) is 57.8 Å². The van der Waals surface area contributed by atoms with Gasteiger partial charge in [0.15, 0.2) is 6.10 Å². The lowest BCUT2D eigenvalue weighted by Crippen LogP contribution is -2.30. The van der Waals surface area contributed by atoms with Crippen molar-refractivity contribution < 1.29 is 23.8 Å². The molecule has 0 fully saturated rings. The van der Waals surface area contributed by atoms with Crippen molar-refractivity contribution in [2.45, 2.75) is 232 Å². The molecule has 52 heavy (non-hydrogen) atoms. The first-order valence-electron chi connectivity index (χ1n) is 22.5. The van der Waals surface area contributed by atoms with Crippen molar-refractivity contribution in [3.63, 3.8) is 0 Å². The first-order chi connectivity index (χ1) is 25.6. The number of hydrogen-bond acceptors (Lipinski definition) is 5. The maximum atomic E-state index is 12.6. The fraction of sp³-hybridized carbons (Fsp3) is 0.830. The summed E-state index contributed by atoms with van der Waals surface area (Å²) >= 11 is 0. The predicted octanol–water partition coefficient (Wildman–Crippen LogP) is 14.7. The second-order valence-electron chi connectivity index (χ2n) is 15.0. The van der Waals surface area contributed by atoms with Crippen molar-refractivity contribution in [1.82, 2.24) is 0 Å². The minimum Gasteiger partial charge on any atom is -0.462 e. The van der Waals surface area contributed by atoms with Crippen LogP contribution in [0.3, 0.4) is 0 Å². The van der Waals surface area contributed by atoms with Gasteiger partial charge in [0.05, 0.1) is 6.61 Å². The molecule has 5 heteroatoms. The maximum absolute atomic E-state index is 12.6. The molecule has 0 aliphatic heterocycles. The van der Waals surface area contributed by atoms with Crippen LogP contribution in [0.25, 0.3) is 0 Å². The van der Waals surface area contributed by atoms with Gasteiger partial charge in [-0.05, 0) is 57.8 Å². The Kier molecular flexibility index (Phi) is 42.0. The molecule has 0 amide bonds. The highest BCUT2D eigenvalue weighted by atomic mass is 16.6. The Morgan fingerprint density at radius 3 is 1.33 bits per heavy atom. The quantitative estimate of drug-likeness (QED) is 0.0356. The summed E-state index contributed by atoms with van der Waals surface area (Å²) < 4.78 is 17.2. The first kappa shape index (κ1) is 50.1. The molecule has 0 bridgehead atoms. The molecule has 0 saturated carbocycles. The SMILES string of the molecule is CCCCC/C=C\C/C=C\C/C=C\CCCCCCCCC(=O)OCC(COCCCCCCCCCCCC)OC(=O)CCCCCCCCC. The standard InChI is InChI=1S/C47H86O5/c1-4-7-10-13-16-18-20-21-22-23-24-25-26-27-28-29-32-34-37-40-46(48)51-44-45(52-47(49)41-38-35-31-15-12-9-6-3)43-50-42-39-36-33-30-19-17-14-11-8-5-2/h16,18,21-22,24-25,45H,4-15,17,19-20,23,26-44H2,1-3H3/b18-16-,22-21-,25-24-. The van der Waals surface area contributed by atoms with Crippen molar-refractivity contribution in [3.8, 4) is 0 Å². The predicted molar refractivity (Wildman–Crippen MR) is 224 cm³/mol. The third-order valence-corrected chi connectivity index (χ3v) is 9.68. The molecule has 0 heterocycles. The molecule has 0 spiro atoms. The van der Waals surface area contributed by atoms with Crippen LogP contribution in [-0.2, 0) is 23.8 Å². The number of ether oxygens (including phenoxy) is 3. The lowest BCUT2D eigenvalue weighted by Gasteiger charge is -2.18. The second-order valence-corrected chi connectivity index (χ2v) is 15.0. The molecule has 0 N–H and O–H groups in total. The van der Waals surface area contributed by atoms with Crippen LogP contribution in [0.15, 0.2) is 36.5 Å². The Hall–Kier alpha value is -1.88. The maximum Gasteiger partial charge on any atom is 0.306 e. The minimum atomic E-state index is -0.531. The van der Waals surface area contributed by atoms with E-state index in [9.17, 15) is 9.59 Å². The van der Waals surface area contributed by atoms with Crippen LogP contribution >= 0.6 is 0 Å². The van der Waals surface area contributed by atoms with Crippen molar-refractivity contribution in [2.24, 2.45) is 0 Å². The van der Waals surface area contributed by atoms with E-state index in [4.69, 9.17) is 14.2 Å². The minimum absolute atomic E-state index is 0.0824.